The molecule has 0 saturated heterocycles. The molecule has 9 heteroatoms. The lowest BCUT2D eigenvalue weighted by atomic mass is 10.0. The number of carboxylic acid groups (broad SMARTS) is 1. The van der Waals surface area contributed by atoms with E-state index in [1.807, 2.05) is 0 Å². The molecular weight excluding hydrogens is 279 g/mol. The van der Waals surface area contributed by atoms with E-state index in [1.54, 1.807) is 6.92 Å². The van der Waals surface area contributed by atoms with Crippen LogP contribution in [0, 0.1) is 0 Å². The number of carbonyl (C=O) groups excluding carboxylic acids is 1. The summed E-state index contributed by atoms with van der Waals surface area (Å²) in [5.74, 6) is -3.87. The summed E-state index contributed by atoms with van der Waals surface area (Å²) < 4.78 is 39.3. The molecule has 0 unspecified atom stereocenters. The van der Waals surface area contributed by atoms with Crippen LogP contribution in [0.25, 0.3) is 0 Å². The summed E-state index contributed by atoms with van der Waals surface area (Å²) in [6, 6.07) is -1.00. The van der Waals surface area contributed by atoms with Crippen LogP contribution in [-0.2, 0) is 4.79 Å². The third kappa shape index (κ3) is 2.12. The van der Waals surface area contributed by atoms with Crippen LogP contribution in [-0.4, -0.2) is 38.8 Å². The number of alkyl halides is 3. The number of imidazole rings is 1. The fourth-order valence-electron chi connectivity index (χ4n) is 2.42. The van der Waals surface area contributed by atoms with Crippen LogP contribution in [0.1, 0.15) is 36.8 Å². The third-order valence-corrected chi connectivity index (χ3v) is 3.26. The van der Waals surface area contributed by atoms with Crippen molar-refractivity contribution in [1.29, 1.82) is 0 Å². The van der Waals surface area contributed by atoms with Gasteiger partial charge in [-0.15, -0.1) is 0 Å². The van der Waals surface area contributed by atoms with Crippen LogP contribution in [0.2, 0.25) is 0 Å². The molecule has 0 radical (unpaired) electrons. The molecule has 20 heavy (non-hydrogen) atoms. The predicted molar refractivity (Wildman–Crippen MR) is 61.5 cm³/mol. The van der Waals surface area contributed by atoms with Crippen LogP contribution < -0.4 is 4.90 Å². The Balaban J connectivity index is 2.60. The first kappa shape index (κ1) is 14.4. The second kappa shape index (κ2) is 4.50. The number of nitrogens with zero attached hydrogens (tertiary/aromatic N) is 3. The highest BCUT2D eigenvalue weighted by Gasteiger charge is 2.48. The molecule has 0 spiro atoms. The number of rotatable bonds is 1. The topological polar surface area (TPSA) is 75.4 Å². The second-order valence-electron chi connectivity index (χ2n) is 4.74. The van der Waals surface area contributed by atoms with Gasteiger partial charge in [-0.3, -0.25) is 9.69 Å². The van der Waals surface area contributed by atoms with Gasteiger partial charge in [-0.1, -0.05) is 0 Å². The Bertz CT molecular complexity index is 567. The Morgan fingerprint density at radius 3 is 2.45 bits per heavy atom. The Hall–Kier alpha value is -2.06. The highest BCUT2D eigenvalue weighted by Crippen LogP contribution is 2.37. The zero-order valence-electron chi connectivity index (χ0n) is 10.7. The number of carboxylic acids is 1. The van der Waals surface area contributed by atoms with Crippen molar-refractivity contribution in [3.8, 4) is 0 Å². The lowest BCUT2D eigenvalue weighted by Gasteiger charge is -2.37. The van der Waals surface area contributed by atoms with Gasteiger partial charge in [0.1, 0.15) is 0 Å². The zero-order valence-corrected chi connectivity index (χ0v) is 10.7. The minimum Gasteiger partial charge on any atom is -0.476 e. The largest absolute Gasteiger partial charge is 0.476 e. The first-order chi connectivity index (χ1) is 9.14. The monoisotopic (exact) mass is 291 g/mol. The van der Waals surface area contributed by atoms with Crippen molar-refractivity contribution in [3.05, 3.63) is 12.0 Å². The van der Waals surface area contributed by atoms with Crippen LogP contribution in [0.5, 0.6) is 0 Å². The molecule has 110 valence electrons. The molecule has 0 aromatic carbocycles. The van der Waals surface area contributed by atoms with Crippen LogP contribution in [0.15, 0.2) is 6.33 Å². The van der Waals surface area contributed by atoms with Crippen molar-refractivity contribution in [2.75, 3.05) is 4.90 Å². The molecule has 2 rings (SSSR count). The van der Waals surface area contributed by atoms with Crippen molar-refractivity contribution in [2.24, 2.45) is 0 Å². The molecule has 1 aliphatic heterocycles. The fraction of sp³-hybridized carbons (Fsp3) is 0.545. The van der Waals surface area contributed by atoms with Gasteiger partial charge >= 0.3 is 18.1 Å². The number of carbonyl (C=O) groups is 2. The Morgan fingerprint density at radius 2 is 1.95 bits per heavy atom. The molecule has 2 atom stereocenters. The van der Waals surface area contributed by atoms with E-state index in [4.69, 9.17) is 5.11 Å². The number of aromatic carboxylic acids is 1. The lowest BCUT2D eigenvalue weighted by Crippen LogP contribution is -2.50. The van der Waals surface area contributed by atoms with Gasteiger partial charge in [0.2, 0.25) is 0 Å². The van der Waals surface area contributed by atoms with Crippen molar-refractivity contribution >= 4 is 17.7 Å². The predicted octanol–water partition coefficient (Wildman–Crippen LogP) is 1.83. The number of aromatic nitrogens is 2. The second-order valence-corrected chi connectivity index (χ2v) is 4.74. The molecule has 1 N–H and O–H groups in total. The maximum absolute atomic E-state index is 12.7. The maximum Gasteiger partial charge on any atom is 0.471 e. The molecule has 6 nitrogen and oxygen atoms in total. The van der Waals surface area contributed by atoms with Crippen molar-refractivity contribution in [1.82, 2.24) is 9.55 Å². The minimum absolute atomic E-state index is 0.238. The van der Waals surface area contributed by atoms with E-state index in [2.05, 4.69) is 4.98 Å². The molecule has 0 saturated carbocycles. The van der Waals surface area contributed by atoms with Gasteiger partial charge in [-0.2, -0.15) is 13.2 Å². The number of hydrogen-bond donors (Lipinski definition) is 1. The van der Waals surface area contributed by atoms with Crippen LogP contribution in [0.4, 0.5) is 19.0 Å². The van der Waals surface area contributed by atoms with E-state index < -0.39 is 29.8 Å². The standard InChI is InChI=1S/C11H12F3N3O3/c1-5-3-6(2)17(10(20)11(12,13)14)8-7(9(18)19)15-4-16(5)8/h4-6H,3H2,1-2H3,(H,18,19)/t5-,6+/m0/s1. The molecule has 1 aliphatic rings. The average molecular weight is 291 g/mol. The van der Waals surface area contributed by atoms with Crippen LogP contribution >= 0.6 is 0 Å². The quantitative estimate of drug-likeness (QED) is 0.856. The molecular formula is C11H12F3N3O3. The normalized spacial score (nSPS) is 22.6. The summed E-state index contributed by atoms with van der Waals surface area (Å²) in [5, 5.41) is 9.01. The molecule has 1 amide bonds. The summed E-state index contributed by atoms with van der Waals surface area (Å²) in [6.45, 7) is 3.17. The summed E-state index contributed by atoms with van der Waals surface area (Å²) in [7, 11) is 0. The average Bonchev–Trinajstić information content (AvgIpc) is 2.72. The molecule has 2 heterocycles. The van der Waals surface area contributed by atoms with E-state index in [0.717, 1.165) is 6.33 Å². The van der Waals surface area contributed by atoms with Gasteiger partial charge in [0.15, 0.2) is 11.5 Å². The van der Waals surface area contributed by atoms with Gasteiger partial charge in [0, 0.05) is 12.1 Å². The van der Waals surface area contributed by atoms with Crippen LogP contribution in [0.3, 0.4) is 0 Å². The first-order valence-electron chi connectivity index (χ1n) is 5.85. The minimum atomic E-state index is -5.07. The van der Waals surface area contributed by atoms with Gasteiger partial charge < -0.3 is 9.67 Å². The van der Waals surface area contributed by atoms with Gasteiger partial charge in [0.25, 0.3) is 0 Å². The molecule has 1 aromatic heterocycles. The first-order valence-corrected chi connectivity index (χ1v) is 5.85. The molecule has 1 aromatic rings. The summed E-state index contributed by atoms with van der Waals surface area (Å²) in [6.07, 6.45) is -3.64. The number of halogens is 3. The maximum atomic E-state index is 12.7. The van der Waals surface area contributed by atoms with E-state index in [-0.39, 0.29) is 18.3 Å². The molecule has 0 fully saturated rings. The highest BCUT2D eigenvalue weighted by atomic mass is 19.4. The van der Waals surface area contributed by atoms with Gasteiger partial charge in [-0.05, 0) is 20.3 Å². The lowest BCUT2D eigenvalue weighted by molar-refractivity contribution is -0.171. The third-order valence-electron chi connectivity index (χ3n) is 3.26. The number of fused-ring (bicyclic) bond motifs is 1. The van der Waals surface area contributed by atoms with E-state index in [0.29, 0.717) is 4.90 Å². The summed E-state index contributed by atoms with van der Waals surface area (Å²) in [4.78, 5) is 26.7. The van der Waals surface area contributed by atoms with Crippen molar-refractivity contribution in [2.45, 2.75) is 38.5 Å². The fourth-order valence-corrected chi connectivity index (χ4v) is 2.42. The zero-order chi connectivity index (χ0) is 15.2. The van der Waals surface area contributed by atoms with E-state index in [9.17, 15) is 22.8 Å². The van der Waals surface area contributed by atoms with Gasteiger partial charge in [-0.25, -0.2) is 9.78 Å². The smallest absolute Gasteiger partial charge is 0.471 e. The summed E-state index contributed by atoms with van der Waals surface area (Å²) >= 11 is 0. The number of anilines is 1. The Labute approximate surface area is 111 Å². The van der Waals surface area contributed by atoms with E-state index in [1.165, 1.54) is 11.5 Å². The number of hydrogen-bond acceptors (Lipinski definition) is 3. The summed E-state index contributed by atoms with van der Waals surface area (Å²) in [5.41, 5.74) is -0.555. The molecule has 0 bridgehead atoms. The Morgan fingerprint density at radius 1 is 1.35 bits per heavy atom. The highest BCUT2D eigenvalue weighted by molar-refractivity contribution is 6.02. The van der Waals surface area contributed by atoms with E-state index >= 15 is 0 Å². The Kier molecular flexibility index (Phi) is 3.23. The number of amides is 1. The SMILES string of the molecule is C[C@@H]1C[C@H](C)n2cnc(C(=O)O)c2N1C(=O)C(F)(F)F. The van der Waals surface area contributed by atoms with Crippen molar-refractivity contribution < 1.29 is 27.9 Å². The van der Waals surface area contributed by atoms with Crippen molar-refractivity contribution in [3.63, 3.8) is 0 Å². The van der Waals surface area contributed by atoms with Gasteiger partial charge in [0.05, 0.1) is 6.33 Å². The molecule has 0 aliphatic carbocycles.